The van der Waals surface area contributed by atoms with Crippen LogP contribution in [0, 0.1) is 17.0 Å². The van der Waals surface area contributed by atoms with E-state index in [9.17, 15) is 28.1 Å². The van der Waals surface area contributed by atoms with Gasteiger partial charge < -0.3 is 0 Å². The van der Waals surface area contributed by atoms with Gasteiger partial charge in [-0.25, -0.2) is 4.68 Å². The van der Waals surface area contributed by atoms with Gasteiger partial charge in [0.25, 0.3) is 11.2 Å². The number of fused-ring (bicyclic) bond motifs is 1. The number of nitro groups is 1. The zero-order chi connectivity index (χ0) is 21.2. The van der Waals surface area contributed by atoms with Crippen LogP contribution in [-0.2, 0) is 13.2 Å². The molecule has 1 heterocycles. The number of alkyl halides is 3. The maximum absolute atomic E-state index is 13.1. The first kappa shape index (κ1) is 20.5. The number of nitrogens with zero attached hydrogens (tertiary/aromatic N) is 4. The zero-order valence-electron chi connectivity index (χ0n) is 15.4. The lowest BCUT2D eigenvalue weighted by molar-refractivity contribution is -0.385. The molecule has 29 heavy (non-hydrogen) atoms. The van der Waals surface area contributed by atoms with Crippen LogP contribution in [0.2, 0.25) is 0 Å². The van der Waals surface area contributed by atoms with Crippen LogP contribution in [0.15, 0.2) is 53.3 Å². The molecule has 0 saturated carbocycles. The molecule has 0 aliphatic carbocycles. The first-order valence-corrected chi connectivity index (χ1v) is 8.63. The van der Waals surface area contributed by atoms with Gasteiger partial charge in [-0.3, -0.25) is 19.8 Å². The van der Waals surface area contributed by atoms with Crippen LogP contribution in [0.3, 0.4) is 0 Å². The van der Waals surface area contributed by atoms with E-state index in [1.807, 2.05) is 0 Å². The van der Waals surface area contributed by atoms with E-state index in [2.05, 4.69) is 5.10 Å². The first-order chi connectivity index (χ1) is 13.7. The van der Waals surface area contributed by atoms with E-state index in [0.717, 1.165) is 9.58 Å². The van der Waals surface area contributed by atoms with E-state index in [1.165, 1.54) is 24.3 Å². The van der Waals surface area contributed by atoms with Gasteiger partial charge in [-0.15, -0.1) is 0 Å². The minimum absolute atomic E-state index is 0.118. The van der Waals surface area contributed by atoms with Crippen LogP contribution in [0.1, 0.15) is 11.3 Å². The predicted octanol–water partition coefficient (Wildman–Crippen LogP) is 3.64. The average Bonchev–Trinajstić information content (AvgIpc) is 2.65. The Labute approximate surface area is 163 Å². The summed E-state index contributed by atoms with van der Waals surface area (Å²) in [6.07, 6.45) is -4.56. The van der Waals surface area contributed by atoms with Crippen LogP contribution in [0.5, 0.6) is 0 Å². The summed E-state index contributed by atoms with van der Waals surface area (Å²) in [5, 5.41) is 16.3. The molecule has 0 radical (unpaired) electrons. The minimum atomic E-state index is -4.56. The fraction of sp³-hybridized carbons (Fsp3) is 0.263. The van der Waals surface area contributed by atoms with Crippen LogP contribution in [0.4, 0.5) is 18.9 Å². The molecule has 1 aromatic heterocycles. The van der Waals surface area contributed by atoms with E-state index in [-0.39, 0.29) is 17.8 Å². The number of rotatable bonds is 6. The lowest BCUT2D eigenvalue weighted by Gasteiger charge is -2.24. The topological polar surface area (TPSA) is 81.3 Å². The fourth-order valence-corrected chi connectivity index (χ4v) is 3.16. The third-order valence-corrected chi connectivity index (χ3v) is 4.37. The van der Waals surface area contributed by atoms with Crippen molar-refractivity contribution in [3.63, 3.8) is 0 Å². The highest BCUT2D eigenvalue weighted by molar-refractivity contribution is 5.83. The summed E-state index contributed by atoms with van der Waals surface area (Å²) in [6.45, 7) is -0.514. The number of benzene rings is 2. The number of aryl methyl sites for hydroxylation is 1. The lowest BCUT2D eigenvalue weighted by atomic mass is 10.1. The highest BCUT2D eigenvalue weighted by Crippen LogP contribution is 2.23. The number of aromatic nitrogens is 2. The smallest absolute Gasteiger partial charge is 0.271 e. The van der Waals surface area contributed by atoms with Gasteiger partial charge in [0, 0.05) is 23.6 Å². The highest BCUT2D eigenvalue weighted by Gasteiger charge is 2.32. The van der Waals surface area contributed by atoms with Crippen LogP contribution in [-0.4, -0.2) is 32.3 Å². The SMILES string of the molecule is Cc1nn(CN(Cc2ccccc2[N+](=O)[O-])CC(F)(F)F)c(=O)c2ccccc12. The third-order valence-electron chi connectivity index (χ3n) is 4.37. The molecule has 3 aromatic rings. The first-order valence-electron chi connectivity index (χ1n) is 8.63. The molecule has 0 N–H and O–H groups in total. The average molecular weight is 406 g/mol. The Kier molecular flexibility index (Phi) is 5.64. The molecule has 0 atom stereocenters. The lowest BCUT2D eigenvalue weighted by Crippen LogP contribution is -2.39. The van der Waals surface area contributed by atoms with E-state index < -0.39 is 29.9 Å². The van der Waals surface area contributed by atoms with Crippen molar-refractivity contribution in [3.8, 4) is 0 Å². The minimum Gasteiger partial charge on any atom is -0.271 e. The number of halogens is 3. The van der Waals surface area contributed by atoms with E-state index in [4.69, 9.17) is 0 Å². The Balaban J connectivity index is 1.99. The highest BCUT2D eigenvalue weighted by atomic mass is 19.4. The molecule has 0 aliphatic rings. The number of hydrogen-bond acceptors (Lipinski definition) is 5. The Morgan fingerprint density at radius 3 is 2.38 bits per heavy atom. The largest absolute Gasteiger partial charge is 0.401 e. The second-order valence-corrected chi connectivity index (χ2v) is 6.57. The van der Waals surface area contributed by atoms with Gasteiger partial charge in [-0.05, 0) is 13.0 Å². The summed E-state index contributed by atoms with van der Waals surface area (Å²) < 4.78 is 40.3. The second kappa shape index (κ2) is 8.00. The van der Waals surface area contributed by atoms with E-state index in [0.29, 0.717) is 16.5 Å². The van der Waals surface area contributed by atoms with E-state index in [1.54, 1.807) is 31.2 Å². The van der Waals surface area contributed by atoms with Gasteiger partial charge in [0.2, 0.25) is 0 Å². The normalized spacial score (nSPS) is 11.9. The second-order valence-electron chi connectivity index (χ2n) is 6.57. The number of para-hydroxylation sites is 1. The monoisotopic (exact) mass is 406 g/mol. The molecule has 2 aromatic carbocycles. The summed E-state index contributed by atoms with van der Waals surface area (Å²) >= 11 is 0. The maximum Gasteiger partial charge on any atom is 0.401 e. The molecule has 0 amide bonds. The summed E-state index contributed by atoms with van der Waals surface area (Å²) in [6, 6.07) is 12.3. The molecule has 152 valence electrons. The van der Waals surface area contributed by atoms with Crippen molar-refractivity contribution in [1.82, 2.24) is 14.7 Å². The van der Waals surface area contributed by atoms with Gasteiger partial charge in [0.1, 0.15) is 0 Å². The summed E-state index contributed by atoms with van der Waals surface area (Å²) in [5.41, 5.74) is -0.194. The summed E-state index contributed by atoms with van der Waals surface area (Å²) in [4.78, 5) is 24.1. The van der Waals surface area contributed by atoms with Crippen molar-refractivity contribution in [1.29, 1.82) is 0 Å². The summed E-state index contributed by atoms with van der Waals surface area (Å²) in [5.74, 6) is 0. The quantitative estimate of drug-likeness (QED) is 0.461. The van der Waals surface area contributed by atoms with Gasteiger partial charge in [-0.1, -0.05) is 36.4 Å². The van der Waals surface area contributed by atoms with Gasteiger partial charge in [0.05, 0.1) is 29.2 Å². The molecular formula is C19H17F3N4O3. The van der Waals surface area contributed by atoms with Crippen LogP contribution >= 0.6 is 0 Å². The molecule has 10 heteroatoms. The fourth-order valence-electron chi connectivity index (χ4n) is 3.16. The van der Waals surface area contributed by atoms with Crippen molar-refractivity contribution in [3.05, 3.63) is 80.3 Å². The Morgan fingerprint density at radius 1 is 1.10 bits per heavy atom. The van der Waals surface area contributed by atoms with Gasteiger partial charge >= 0.3 is 6.18 Å². The molecule has 3 rings (SSSR count). The maximum atomic E-state index is 13.1. The molecule has 0 saturated heterocycles. The van der Waals surface area contributed by atoms with Crippen molar-refractivity contribution in [2.45, 2.75) is 26.3 Å². The Hall–Kier alpha value is -3.27. The molecule has 0 aliphatic heterocycles. The predicted molar refractivity (Wildman–Crippen MR) is 100 cm³/mol. The third kappa shape index (κ3) is 4.77. The molecule has 7 nitrogen and oxygen atoms in total. The van der Waals surface area contributed by atoms with Crippen LogP contribution in [0.25, 0.3) is 10.8 Å². The zero-order valence-corrected chi connectivity index (χ0v) is 15.4. The van der Waals surface area contributed by atoms with Crippen LogP contribution < -0.4 is 5.56 Å². The molecule has 0 bridgehead atoms. The van der Waals surface area contributed by atoms with Crippen molar-refractivity contribution < 1.29 is 18.1 Å². The van der Waals surface area contributed by atoms with Crippen molar-refractivity contribution in [2.24, 2.45) is 0 Å². The van der Waals surface area contributed by atoms with Gasteiger partial charge in [0.15, 0.2) is 0 Å². The Bertz CT molecular complexity index is 1110. The van der Waals surface area contributed by atoms with E-state index >= 15 is 0 Å². The summed E-state index contributed by atoms with van der Waals surface area (Å²) in [7, 11) is 0. The number of hydrogen-bond donors (Lipinski definition) is 0. The molecule has 0 unspecified atom stereocenters. The Morgan fingerprint density at radius 2 is 1.72 bits per heavy atom. The molecule has 0 fully saturated rings. The molecular weight excluding hydrogens is 389 g/mol. The standard InChI is InChI=1S/C19H17F3N4O3/c1-13-15-7-3-4-8-16(15)18(27)25(23-13)12-24(11-19(20,21)22)10-14-6-2-5-9-17(14)26(28)29/h2-9H,10-12H2,1H3. The van der Waals surface area contributed by atoms with Crippen molar-refractivity contribution in [2.75, 3.05) is 6.54 Å². The molecule has 0 spiro atoms. The number of nitro benzene ring substituents is 1. The van der Waals surface area contributed by atoms with Gasteiger partial charge in [-0.2, -0.15) is 18.3 Å². The van der Waals surface area contributed by atoms with Crippen molar-refractivity contribution >= 4 is 16.5 Å².